The van der Waals surface area contributed by atoms with Crippen molar-refractivity contribution >= 4 is 11.7 Å². The zero-order valence-corrected chi connectivity index (χ0v) is 14.7. The molecule has 0 bridgehead atoms. The van der Waals surface area contributed by atoms with Crippen LogP contribution in [0.3, 0.4) is 0 Å². The van der Waals surface area contributed by atoms with E-state index >= 15 is 0 Å². The third-order valence-electron chi connectivity index (χ3n) is 5.18. The number of nitrogens with one attached hydrogen (secondary N) is 1. The lowest BCUT2D eigenvalue weighted by molar-refractivity contribution is 0.0951. The van der Waals surface area contributed by atoms with Crippen molar-refractivity contribution in [2.75, 3.05) is 18.0 Å². The molecule has 2 fully saturated rings. The van der Waals surface area contributed by atoms with E-state index in [9.17, 15) is 4.79 Å². The maximum absolute atomic E-state index is 12.3. The van der Waals surface area contributed by atoms with E-state index in [1.54, 1.807) is 6.20 Å². The normalized spacial score (nSPS) is 20.4. The van der Waals surface area contributed by atoms with E-state index in [0.29, 0.717) is 12.0 Å². The summed E-state index contributed by atoms with van der Waals surface area (Å²) in [6.45, 7) is 4.11. The summed E-state index contributed by atoms with van der Waals surface area (Å²) in [7, 11) is 0. The topological polar surface area (TPSA) is 45.2 Å². The Morgan fingerprint density at radius 2 is 2.08 bits per heavy atom. The monoisotopic (exact) mass is 335 g/mol. The van der Waals surface area contributed by atoms with Gasteiger partial charge in [-0.2, -0.15) is 0 Å². The molecule has 1 saturated heterocycles. The molecular formula is C21H25N3O. The Kier molecular flexibility index (Phi) is 4.43. The van der Waals surface area contributed by atoms with Gasteiger partial charge in [-0.3, -0.25) is 4.79 Å². The Labute approximate surface area is 149 Å². The number of carbonyl (C=O) groups is 1. The molecule has 1 aromatic carbocycles. The molecule has 1 saturated carbocycles. The van der Waals surface area contributed by atoms with Crippen LogP contribution in [0, 0.1) is 6.92 Å². The van der Waals surface area contributed by atoms with Crippen molar-refractivity contribution in [1.82, 2.24) is 10.3 Å². The van der Waals surface area contributed by atoms with E-state index in [2.05, 4.69) is 46.4 Å². The van der Waals surface area contributed by atoms with E-state index in [0.717, 1.165) is 43.7 Å². The van der Waals surface area contributed by atoms with Crippen molar-refractivity contribution in [2.45, 2.75) is 44.6 Å². The van der Waals surface area contributed by atoms with Gasteiger partial charge in [0, 0.05) is 36.8 Å². The fraction of sp³-hybridized carbons (Fsp3) is 0.429. The standard InChI is InChI=1S/C21H25N3O/c1-15-4-2-5-16(12-15)18-6-3-11-24(14-18)20-13-17(9-10-22-20)21(25)23-19-7-8-19/h2,4-5,9-10,12-13,18-19H,3,6-8,11,14H2,1H3,(H,23,25)/t18-/m0/s1. The highest BCUT2D eigenvalue weighted by atomic mass is 16.1. The van der Waals surface area contributed by atoms with Gasteiger partial charge in [0.2, 0.25) is 0 Å². The van der Waals surface area contributed by atoms with Gasteiger partial charge in [0.05, 0.1) is 0 Å². The molecule has 1 amide bonds. The van der Waals surface area contributed by atoms with Crippen LogP contribution in [-0.2, 0) is 0 Å². The maximum atomic E-state index is 12.3. The van der Waals surface area contributed by atoms with Gasteiger partial charge in [0.25, 0.3) is 5.91 Å². The van der Waals surface area contributed by atoms with Crippen LogP contribution >= 0.6 is 0 Å². The average molecular weight is 335 g/mol. The van der Waals surface area contributed by atoms with Gasteiger partial charge in [0.15, 0.2) is 0 Å². The van der Waals surface area contributed by atoms with Crippen LogP contribution in [0.15, 0.2) is 42.6 Å². The number of nitrogens with zero attached hydrogens (tertiary/aromatic N) is 2. The Morgan fingerprint density at radius 3 is 2.88 bits per heavy atom. The number of pyridine rings is 1. The Hall–Kier alpha value is -2.36. The van der Waals surface area contributed by atoms with Crippen molar-refractivity contribution in [1.29, 1.82) is 0 Å². The lowest BCUT2D eigenvalue weighted by Crippen LogP contribution is -2.35. The highest BCUT2D eigenvalue weighted by molar-refractivity contribution is 5.95. The SMILES string of the molecule is Cc1cccc([C@H]2CCCN(c3cc(C(=O)NC4CC4)ccn3)C2)c1. The van der Waals surface area contributed by atoms with E-state index in [1.165, 1.54) is 17.5 Å². The van der Waals surface area contributed by atoms with Crippen molar-refractivity contribution in [3.63, 3.8) is 0 Å². The van der Waals surface area contributed by atoms with Crippen LogP contribution in [0.25, 0.3) is 0 Å². The molecule has 1 aliphatic carbocycles. The molecule has 1 aliphatic heterocycles. The molecule has 4 nitrogen and oxygen atoms in total. The van der Waals surface area contributed by atoms with Crippen molar-refractivity contribution in [3.05, 3.63) is 59.3 Å². The Morgan fingerprint density at radius 1 is 1.20 bits per heavy atom. The molecule has 2 aromatic rings. The highest BCUT2D eigenvalue weighted by Gasteiger charge is 2.25. The molecule has 0 spiro atoms. The smallest absolute Gasteiger partial charge is 0.251 e. The van der Waals surface area contributed by atoms with E-state index in [-0.39, 0.29) is 5.91 Å². The summed E-state index contributed by atoms with van der Waals surface area (Å²) in [5.41, 5.74) is 3.44. The molecule has 25 heavy (non-hydrogen) atoms. The molecular weight excluding hydrogens is 310 g/mol. The number of aromatic nitrogens is 1. The second-order valence-corrected chi connectivity index (χ2v) is 7.35. The summed E-state index contributed by atoms with van der Waals surface area (Å²) in [5, 5.41) is 3.06. The number of amides is 1. The molecule has 2 heterocycles. The van der Waals surface area contributed by atoms with Gasteiger partial charge in [-0.05, 0) is 50.3 Å². The van der Waals surface area contributed by atoms with E-state index in [4.69, 9.17) is 0 Å². The van der Waals surface area contributed by atoms with Crippen LogP contribution in [0.2, 0.25) is 0 Å². The average Bonchev–Trinajstić information content (AvgIpc) is 3.46. The Balaban J connectivity index is 1.50. The molecule has 0 unspecified atom stereocenters. The second kappa shape index (κ2) is 6.87. The van der Waals surface area contributed by atoms with Crippen LogP contribution in [0.5, 0.6) is 0 Å². The minimum absolute atomic E-state index is 0.0263. The second-order valence-electron chi connectivity index (χ2n) is 7.35. The molecule has 1 N–H and O–H groups in total. The fourth-order valence-corrected chi connectivity index (χ4v) is 3.61. The number of piperidine rings is 1. The third kappa shape index (κ3) is 3.84. The number of aryl methyl sites for hydroxylation is 1. The van der Waals surface area contributed by atoms with Crippen LogP contribution in [0.1, 0.15) is 53.1 Å². The minimum atomic E-state index is 0.0263. The lowest BCUT2D eigenvalue weighted by Gasteiger charge is -2.34. The first-order valence-corrected chi connectivity index (χ1v) is 9.27. The van der Waals surface area contributed by atoms with Gasteiger partial charge < -0.3 is 10.2 Å². The van der Waals surface area contributed by atoms with Gasteiger partial charge in [-0.1, -0.05) is 29.8 Å². The molecule has 0 radical (unpaired) electrons. The predicted molar refractivity (Wildman–Crippen MR) is 100 cm³/mol. The van der Waals surface area contributed by atoms with Crippen molar-refractivity contribution < 1.29 is 4.79 Å². The molecule has 1 aromatic heterocycles. The number of carbonyl (C=O) groups excluding carboxylic acids is 1. The summed E-state index contributed by atoms with van der Waals surface area (Å²) in [5.74, 6) is 1.47. The minimum Gasteiger partial charge on any atom is -0.356 e. The number of benzene rings is 1. The molecule has 4 heteroatoms. The first-order valence-electron chi connectivity index (χ1n) is 9.27. The van der Waals surface area contributed by atoms with Gasteiger partial charge >= 0.3 is 0 Å². The number of hydrogen-bond acceptors (Lipinski definition) is 3. The first kappa shape index (κ1) is 16.1. The number of rotatable bonds is 4. The predicted octanol–water partition coefficient (Wildman–Crippen LogP) is 3.67. The quantitative estimate of drug-likeness (QED) is 0.927. The van der Waals surface area contributed by atoms with Crippen LogP contribution in [-0.4, -0.2) is 30.0 Å². The zero-order chi connectivity index (χ0) is 17.2. The fourth-order valence-electron chi connectivity index (χ4n) is 3.61. The summed E-state index contributed by atoms with van der Waals surface area (Å²) in [6.07, 6.45) is 6.33. The number of anilines is 1. The summed E-state index contributed by atoms with van der Waals surface area (Å²) in [4.78, 5) is 19.2. The van der Waals surface area contributed by atoms with Gasteiger partial charge in [0.1, 0.15) is 5.82 Å². The highest BCUT2D eigenvalue weighted by Crippen LogP contribution is 2.30. The van der Waals surface area contributed by atoms with Crippen LogP contribution < -0.4 is 10.2 Å². The summed E-state index contributed by atoms with van der Waals surface area (Å²) in [6, 6.07) is 12.9. The van der Waals surface area contributed by atoms with Crippen molar-refractivity contribution in [2.24, 2.45) is 0 Å². The van der Waals surface area contributed by atoms with Gasteiger partial charge in [-0.15, -0.1) is 0 Å². The largest absolute Gasteiger partial charge is 0.356 e. The molecule has 4 rings (SSSR count). The summed E-state index contributed by atoms with van der Waals surface area (Å²) < 4.78 is 0. The third-order valence-corrected chi connectivity index (χ3v) is 5.18. The Bertz CT molecular complexity index is 769. The molecule has 130 valence electrons. The molecule has 1 atom stereocenters. The van der Waals surface area contributed by atoms with E-state index in [1.807, 2.05) is 12.1 Å². The summed E-state index contributed by atoms with van der Waals surface area (Å²) >= 11 is 0. The zero-order valence-electron chi connectivity index (χ0n) is 14.7. The molecule has 2 aliphatic rings. The van der Waals surface area contributed by atoms with Crippen LogP contribution in [0.4, 0.5) is 5.82 Å². The lowest BCUT2D eigenvalue weighted by atomic mass is 9.90. The van der Waals surface area contributed by atoms with Crippen molar-refractivity contribution in [3.8, 4) is 0 Å². The first-order chi connectivity index (χ1) is 12.2. The van der Waals surface area contributed by atoms with Gasteiger partial charge in [-0.25, -0.2) is 4.98 Å². The maximum Gasteiger partial charge on any atom is 0.251 e. The number of hydrogen-bond donors (Lipinski definition) is 1. The van der Waals surface area contributed by atoms with E-state index < -0.39 is 0 Å².